The van der Waals surface area contributed by atoms with Gasteiger partial charge in [-0.1, -0.05) is 44.3 Å². The highest BCUT2D eigenvalue weighted by Gasteiger charge is 2.55. The first kappa shape index (κ1) is 29.5. The Morgan fingerprint density at radius 1 is 1.43 bits per heavy atom. The van der Waals surface area contributed by atoms with Crippen LogP contribution in [0, 0.1) is 5.92 Å². The minimum Gasteiger partial charge on any atom is -0.414 e. The van der Waals surface area contributed by atoms with Gasteiger partial charge in [0.15, 0.2) is 8.32 Å². The van der Waals surface area contributed by atoms with Crippen LogP contribution in [0.3, 0.4) is 0 Å². The van der Waals surface area contributed by atoms with Crippen molar-refractivity contribution in [1.29, 1.82) is 0 Å². The van der Waals surface area contributed by atoms with Crippen molar-refractivity contribution in [3.63, 3.8) is 0 Å². The second kappa shape index (κ2) is 10.5. The van der Waals surface area contributed by atoms with E-state index in [0.29, 0.717) is 18.9 Å². The molecule has 2 N–H and O–H groups in total. The number of rotatable bonds is 7. The monoisotopic (exact) mass is 587 g/mol. The molecule has 37 heavy (non-hydrogen) atoms. The molecule has 1 aromatic rings. The van der Waals surface area contributed by atoms with Gasteiger partial charge in [-0.2, -0.15) is 4.98 Å². The van der Waals surface area contributed by atoms with E-state index in [1.807, 2.05) is 0 Å². The van der Waals surface area contributed by atoms with E-state index < -0.39 is 25.9 Å². The minimum absolute atomic E-state index is 0.0442. The van der Waals surface area contributed by atoms with E-state index in [1.165, 1.54) is 10.1 Å². The molecular weight excluding hydrogens is 545 g/mol. The average molecular weight is 588 g/mol. The summed E-state index contributed by atoms with van der Waals surface area (Å²) in [5.41, 5.74) is 3.81. The Balaban J connectivity index is 1.54. The van der Waals surface area contributed by atoms with E-state index in [1.54, 1.807) is 23.6 Å². The number of aromatic nitrogens is 2. The summed E-state index contributed by atoms with van der Waals surface area (Å²) in [5.74, 6) is 0.634. The van der Waals surface area contributed by atoms with Crippen molar-refractivity contribution in [2.24, 2.45) is 5.92 Å². The van der Waals surface area contributed by atoms with Gasteiger partial charge in [-0.15, -0.1) is 0 Å². The molecule has 3 heterocycles. The van der Waals surface area contributed by atoms with E-state index in [2.05, 4.69) is 59.3 Å². The van der Waals surface area contributed by atoms with Crippen molar-refractivity contribution in [2.75, 3.05) is 12.3 Å². The molecule has 0 spiro atoms. The van der Waals surface area contributed by atoms with E-state index in [9.17, 15) is 4.79 Å². The van der Waals surface area contributed by atoms with Gasteiger partial charge in [-0.3, -0.25) is 4.57 Å². The lowest BCUT2D eigenvalue weighted by molar-refractivity contribution is -0.0399. The molecule has 0 aromatic carbocycles. The van der Waals surface area contributed by atoms with Gasteiger partial charge >= 0.3 is 5.69 Å². The highest BCUT2D eigenvalue weighted by Crippen LogP contribution is 2.76. The smallest absolute Gasteiger partial charge is 0.351 e. The third kappa shape index (κ3) is 6.29. The quantitative estimate of drug-likeness (QED) is 0.234. The van der Waals surface area contributed by atoms with Crippen LogP contribution < -0.4 is 11.4 Å². The minimum atomic E-state index is -2.65. The summed E-state index contributed by atoms with van der Waals surface area (Å²) in [4.78, 5) is 16.4. The van der Waals surface area contributed by atoms with E-state index in [0.717, 1.165) is 19.3 Å². The first-order valence-electron chi connectivity index (χ1n) is 13.0. The number of ether oxygens (including phenoxy) is 1. The summed E-state index contributed by atoms with van der Waals surface area (Å²) in [6, 6.07) is 1.60. The Labute approximate surface area is 231 Å². The first-order chi connectivity index (χ1) is 17.0. The maximum Gasteiger partial charge on any atom is 0.351 e. The molecule has 1 unspecified atom stereocenters. The Morgan fingerprint density at radius 2 is 2.14 bits per heavy atom. The average Bonchev–Trinajstić information content (AvgIpc) is 3.27. The topological polar surface area (TPSA) is 97.8 Å². The highest BCUT2D eigenvalue weighted by atomic mass is 32.9. The first-order valence-corrected chi connectivity index (χ1v) is 20.0. The van der Waals surface area contributed by atoms with Gasteiger partial charge in [0.25, 0.3) is 0 Å². The van der Waals surface area contributed by atoms with Gasteiger partial charge in [-0.25, -0.2) is 4.79 Å². The molecule has 1 saturated carbocycles. The molecule has 12 heteroatoms. The van der Waals surface area contributed by atoms with Gasteiger partial charge in [0.2, 0.25) is 5.69 Å². The fourth-order valence-corrected chi connectivity index (χ4v) is 13.5. The molecule has 0 amide bonds. The predicted molar refractivity (Wildman–Crippen MR) is 157 cm³/mol. The van der Waals surface area contributed by atoms with Crippen LogP contribution in [0.2, 0.25) is 18.1 Å². The summed E-state index contributed by atoms with van der Waals surface area (Å²) in [6.07, 6.45) is 3.87. The van der Waals surface area contributed by atoms with E-state index in [-0.39, 0.29) is 33.9 Å². The van der Waals surface area contributed by atoms with E-state index >= 15 is 0 Å². The van der Waals surface area contributed by atoms with Crippen molar-refractivity contribution in [2.45, 2.75) is 108 Å². The summed E-state index contributed by atoms with van der Waals surface area (Å²) >= 11 is 7.78. The third-order valence-electron chi connectivity index (χ3n) is 8.46. The van der Waals surface area contributed by atoms with Crippen LogP contribution in [-0.2, 0) is 30.0 Å². The van der Waals surface area contributed by atoms with Gasteiger partial charge in [0.1, 0.15) is 18.1 Å². The highest BCUT2D eigenvalue weighted by molar-refractivity contribution is 8.68. The largest absolute Gasteiger partial charge is 0.414 e. The zero-order chi connectivity index (χ0) is 27.4. The van der Waals surface area contributed by atoms with Crippen molar-refractivity contribution in [3.05, 3.63) is 34.9 Å². The van der Waals surface area contributed by atoms with E-state index in [4.69, 9.17) is 35.8 Å². The van der Waals surface area contributed by atoms with Crippen molar-refractivity contribution < 1.29 is 18.2 Å². The molecule has 4 rings (SSSR count). The number of nitrogen functional groups attached to an aromatic ring is 1. The molecule has 2 saturated heterocycles. The number of nitrogens with two attached hydrogens (primary N) is 1. The van der Waals surface area contributed by atoms with Crippen LogP contribution in [0.4, 0.5) is 5.82 Å². The van der Waals surface area contributed by atoms with Crippen LogP contribution in [0.5, 0.6) is 0 Å². The summed E-state index contributed by atoms with van der Waals surface area (Å²) < 4.78 is 27.6. The summed E-state index contributed by atoms with van der Waals surface area (Å²) in [6.45, 7) is 19.9. The van der Waals surface area contributed by atoms with Crippen LogP contribution in [0.1, 0.15) is 66.5 Å². The summed E-state index contributed by atoms with van der Waals surface area (Å²) in [5, 5.41) is 0.0555. The Hall–Kier alpha value is -0.523. The Bertz CT molecular complexity index is 1140. The second-order valence-electron chi connectivity index (χ2n) is 12.4. The molecule has 8 nitrogen and oxygen atoms in total. The lowest BCUT2D eigenvalue weighted by Gasteiger charge is -2.37. The third-order valence-corrected chi connectivity index (χ3v) is 18.7. The molecule has 3 aliphatic rings. The van der Waals surface area contributed by atoms with Crippen LogP contribution in [-0.4, -0.2) is 47.5 Å². The molecule has 1 aromatic heterocycles. The maximum atomic E-state index is 12.6. The molecule has 1 aliphatic carbocycles. The van der Waals surface area contributed by atoms with Gasteiger partial charge < -0.3 is 23.9 Å². The number of hydrogen-bond acceptors (Lipinski definition) is 9. The molecule has 3 fully saturated rings. The van der Waals surface area contributed by atoms with Gasteiger partial charge in [-0.05, 0) is 75.0 Å². The summed E-state index contributed by atoms with van der Waals surface area (Å²) in [7, 11) is -2.04. The van der Waals surface area contributed by atoms with Crippen LogP contribution in [0.15, 0.2) is 29.2 Å². The number of anilines is 1. The Morgan fingerprint density at radius 3 is 2.76 bits per heavy atom. The van der Waals surface area contributed by atoms with Crippen molar-refractivity contribution >= 4 is 43.0 Å². The zero-order valence-electron chi connectivity index (χ0n) is 23.1. The standard InChI is InChI=1S/C25H42N3O5PS2Si/c1-16(2)17-9-11-25(6)20(13-17)33-34(35,36-25)32-18-14-22(28-12-10-21(26)27-23(28)29)31-19(18)15-30-37(7,8)24(3,4)5/h10,12,17-20,22H,1,9,11,13-15H2,2-8H3,(H2,26,27,29)/t17-,18-,19+,20+,22+,25+,34?/m0/s1. The SMILES string of the molecule is C=C(C)[C@H]1CC[C@@]2(C)SP(=S)(O[C@H]3C[C@H](n4ccc(N)nc4=O)O[C@@H]3CO[Si](C)(C)C(C)(C)C)O[C@@H]2C1. The predicted octanol–water partition coefficient (Wildman–Crippen LogP) is 6.01. The fourth-order valence-electron chi connectivity index (χ4n) is 4.88. The molecule has 0 bridgehead atoms. The lowest BCUT2D eigenvalue weighted by atomic mass is 9.77. The number of allylic oxidation sites excluding steroid dienone is 1. The molecule has 0 radical (unpaired) electrons. The number of fused-ring (bicyclic) bond motifs is 1. The van der Waals surface area contributed by atoms with Crippen LogP contribution in [0.25, 0.3) is 0 Å². The van der Waals surface area contributed by atoms with Crippen molar-refractivity contribution in [3.8, 4) is 0 Å². The molecule has 7 atom stereocenters. The van der Waals surface area contributed by atoms with Gasteiger partial charge in [0.05, 0.1) is 18.8 Å². The van der Waals surface area contributed by atoms with Crippen molar-refractivity contribution in [1.82, 2.24) is 9.55 Å². The fraction of sp³-hybridized carbons (Fsp3) is 0.760. The maximum absolute atomic E-state index is 12.6. The molecule has 2 aliphatic heterocycles. The molecule has 208 valence electrons. The zero-order valence-corrected chi connectivity index (χ0v) is 26.6. The number of hydrogen-bond donors (Lipinski definition) is 1. The molecular formula is C25H42N3O5PS2Si. The van der Waals surface area contributed by atoms with Gasteiger partial charge in [0, 0.05) is 17.4 Å². The van der Waals surface area contributed by atoms with Crippen LogP contribution >= 0.6 is 17.1 Å². The number of nitrogens with zero attached hydrogens (tertiary/aromatic N) is 2. The second-order valence-corrected chi connectivity index (χ2v) is 23.8. The normalized spacial score (nSPS) is 36.5. The Kier molecular flexibility index (Phi) is 8.33. The lowest BCUT2D eigenvalue weighted by Crippen LogP contribution is -2.44.